The van der Waals surface area contributed by atoms with Gasteiger partial charge in [0.25, 0.3) is 0 Å². The highest BCUT2D eigenvalue weighted by atomic mass is 15.1. The number of aromatic nitrogens is 2. The summed E-state index contributed by atoms with van der Waals surface area (Å²) in [5.74, 6) is 0. The summed E-state index contributed by atoms with van der Waals surface area (Å²) in [5.41, 5.74) is 5.21. The first-order chi connectivity index (χ1) is 7.25. The van der Waals surface area contributed by atoms with Crippen molar-refractivity contribution in [2.45, 2.75) is 19.9 Å². The molecule has 0 unspecified atom stereocenters. The fraction of sp³-hybridized carbons (Fsp3) is 0.417. The smallest absolute Gasteiger partial charge is 0.138 e. The van der Waals surface area contributed by atoms with Crippen LogP contribution in [-0.4, -0.2) is 28.5 Å². The predicted molar refractivity (Wildman–Crippen MR) is 60.9 cm³/mol. The van der Waals surface area contributed by atoms with E-state index in [-0.39, 0.29) is 0 Å². The van der Waals surface area contributed by atoms with E-state index in [4.69, 9.17) is 0 Å². The van der Waals surface area contributed by atoms with Gasteiger partial charge in [0.1, 0.15) is 5.65 Å². The van der Waals surface area contributed by atoms with E-state index in [9.17, 15) is 0 Å². The first kappa shape index (κ1) is 8.92. The van der Waals surface area contributed by atoms with Gasteiger partial charge in [-0.3, -0.25) is 0 Å². The zero-order valence-electron chi connectivity index (χ0n) is 9.17. The third-order valence-electron chi connectivity index (χ3n) is 3.27. The molecule has 0 aliphatic carbocycles. The minimum absolute atomic E-state index is 1.02. The number of H-pyrrole nitrogens is 1. The van der Waals surface area contributed by atoms with Crippen molar-refractivity contribution in [2.75, 3.05) is 13.6 Å². The third-order valence-corrected chi connectivity index (χ3v) is 3.27. The topological polar surface area (TPSA) is 31.9 Å². The van der Waals surface area contributed by atoms with Gasteiger partial charge in [-0.2, -0.15) is 0 Å². The Morgan fingerprint density at radius 2 is 2.33 bits per heavy atom. The highest BCUT2D eigenvalue weighted by molar-refractivity contribution is 5.84. The number of hydrogen-bond donors (Lipinski definition) is 1. The number of hydrogen-bond acceptors (Lipinski definition) is 2. The Balaban J connectivity index is 2.29. The molecule has 0 fully saturated rings. The van der Waals surface area contributed by atoms with Gasteiger partial charge in [-0.05, 0) is 37.6 Å². The van der Waals surface area contributed by atoms with Crippen molar-refractivity contribution in [1.29, 1.82) is 0 Å². The molecule has 0 atom stereocenters. The number of pyridine rings is 1. The van der Waals surface area contributed by atoms with E-state index in [1.807, 2.05) is 6.20 Å². The number of aryl methyl sites for hydroxylation is 1. The van der Waals surface area contributed by atoms with Crippen molar-refractivity contribution in [3.8, 4) is 0 Å². The van der Waals surface area contributed by atoms with E-state index in [0.29, 0.717) is 0 Å². The second-order valence-corrected chi connectivity index (χ2v) is 4.42. The van der Waals surface area contributed by atoms with Crippen LogP contribution >= 0.6 is 0 Å². The molecule has 2 aromatic heterocycles. The van der Waals surface area contributed by atoms with Gasteiger partial charge >= 0.3 is 0 Å². The summed E-state index contributed by atoms with van der Waals surface area (Å²) in [6, 6.07) is 2.09. The zero-order chi connectivity index (χ0) is 10.4. The van der Waals surface area contributed by atoms with Crippen LogP contribution in [-0.2, 0) is 13.0 Å². The molecule has 2 aromatic rings. The quantitative estimate of drug-likeness (QED) is 0.705. The number of aromatic amines is 1. The molecular weight excluding hydrogens is 186 g/mol. The molecule has 1 N–H and O–H groups in total. The Kier molecular flexibility index (Phi) is 1.83. The highest BCUT2D eigenvalue weighted by Crippen LogP contribution is 2.27. The van der Waals surface area contributed by atoms with Gasteiger partial charge in [-0.15, -0.1) is 0 Å². The number of nitrogens with zero attached hydrogens (tertiary/aromatic N) is 2. The standard InChI is InChI=1S/C12H15N3/c1-8-3-5-13-12-11(8)9-4-6-15(2)7-10(9)14-12/h3,5H,4,6-7H2,1-2H3,(H,13,14). The molecule has 78 valence electrons. The van der Waals surface area contributed by atoms with Crippen molar-refractivity contribution in [2.24, 2.45) is 0 Å². The molecule has 0 aromatic carbocycles. The lowest BCUT2D eigenvalue weighted by atomic mass is 10.0. The number of likely N-dealkylation sites (N-methyl/N-ethyl adjacent to an activating group) is 1. The molecule has 1 aliphatic rings. The minimum atomic E-state index is 1.02. The van der Waals surface area contributed by atoms with Crippen LogP contribution in [0.25, 0.3) is 11.0 Å². The third kappa shape index (κ3) is 1.27. The molecule has 3 heterocycles. The maximum absolute atomic E-state index is 4.40. The lowest BCUT2D eigenvalue weighted by Gasteiger charge is -2.22. The molecule has 0 saturated carbocycles. The van der Waals surface area contributed by atoms with Crippen LogP contribution in [0.5, 0.6) is 0 Å². The Labute approximate surface area is 89.1 Å². The van der Waals surface area contributed by atoms with Gasteiger partial charge in [0.2, 0.25) is 0 Å². The molecule has 3 heteroatoms. The van der Waals surface area contributed by atoms with Crippen molar-refractivity contribution in [3.05, 3.63) is 29.1 Å². The SMILES string of the molecule is Cc1ccnc2[nH]c3c(c12)CCN(C)C3. The second kappa shape index (κ2) is 3.07. The van der Waals surface area contributed by atoms with Crippen molar-refractivity contribution >= 4 is 11.0 Å². The average molecular weight is 201 g/mol. The summed E-state index contributed by atoms with van der Waals surface area (Å²) < 4.78 is 0. The van der Waals surface area contributed by atoms with E-state index in [0.717, 1.165) is 25.2 Å². The van der Waals surface area contributed by atoms with Gasteiger partial charge in [0, 0.05) is 30.4 Å². The molecule has 3 nitrogen and oxygen atoms in total. The van der Waals surface area contributed by atoms with Crippen LogP contribution in [0.4, 0.5) is 0 Å². The summed E-state index contributed by atoms with van der Waals surface area (Å²) in [6.45, 7) is 4.33. The normalized spacial score (nSPS) is 16.9. The van der Waals surface area contributed by atoms with Gasteiger partial charge in [-0.25, -0.2) is 4.98 Å². The summed E-state index contributed by atoms with van der Waals surface area (Å²) in [6.07, 6.45) is 3.02. The fourth-order valence-electron chi connectivity index (χ4n) is 2.47. The zero-order valence-corrected chi connectivity index (χ0v) is 9.17. The number of fused-ring (bicyclic) bond motifs is 3. The Bertz CT molecular complexity index is 513. The number of nitrogens with one attached hydrogen (secondary N) is 1. The predicted octanol–water partition coefficient (Wildman–Crippen LogP) is 1.86. The molecule has 0 amide bonds. The molecule has 0 bridgehead atoms. The average Bonchev–Trinajstić information content (AvgIpc) is 2.56. The van der Waals surface area contributed by atoms with E-state index in [1.54, 1.807) is 0 Å². The first-order valence-corrected chi connectivity index (χ1v) is 5.39. The van der Waals surface area contributed by atoms with Crippen LogP contribution in [0, 0.1) is 6.92 Å². The van der Waals surface area contributed by atoms with Crippen LogP contribution in [0.1, 0.15) is 16.8 Å². The molecule has 15 heavy (non-hydrogen) atoms. The van der Waals surface area contributed by atoms with Gasteiger partial charge in [-0.1, -0.05) is 0 Å². The molecule has 0 spiro atoms. The van der Waals surface area contributed by atoms with E-state index >= 15 is 0 Å². The van der Waals surface area contributed by atoms with Gasteiger partial charge < -0.3 is 9.88 Å². The van der Waals surface area contributed by atoms with Crippen LogP contribution < -0.4 is 0 Å². The molecule has 0 saturated heterocycles. The van der Waals surface area contributed by atoms with Crippen molar-refractivity contribution in [3.63, 3.8) is 0 Å². The lowest BCUT2D eigenvalue weighted by Crippen LogP contribution is -2.26. The Morgan fingerprint density at radius 1 is 1.47 bits per heavy atom. The van der Waals surface area contributed by atoms with E-state index < -0.39 is 0 Å². The van der Waals surface area contributed by atoms with E-state index in [1.165, 1.54) is 22.2 Å². The first-order valence-electron chi connectivity index (χ1n) is 5.39. The summed E-state index contributed by atoms with van der Waals surface area (Å²) in [7, 11) is 2.16. The van der Waals surface area contributed by atoms with Crippen molar-refractivity contribution < 1.29 is 0 Å². The molecule has 3 rings (SSSR count). The second-order valence-electron chi connectivity index (χ2n) is 4.42. The summed E-state index contributed by atoms with van der Waals surface area (Å²) in [5, 5.41) is 1.35. The molecule has 0 radical (unpaired) electrons. The molecule has 1 aliphatic heterocycles. The summed E-state index contributed by atoms with van der Waals surface area (Å²) in [4.78, 5) is 10.2. The van der Waals surface area contributed by atoms with Gasteiger partial charge in [0.15, 0.2) is 0 Å². The Hall–Kier alpha value is -1.35. The minimum Gasteiger partial charge on any atom is -0.342 e. The summed E-state index contributed by atoms with van der Waals surface area (Å²) >= 11 is 0. The van der Waals surface area contributed by atoms with Crippen LogP contribution in [0.2, 0.25) is 0 Å². The maximum atomic E-state index is 4.40. The lowest BCUT2D eigenvalue weighted by molar-refractivity contribution is 0.310. The van der Waals surface area contributed by atoms with Gasteiger partial charge in [0.05, 0.1) is 0 Å². The van der Waals surface area contributed by atoms with Crippen molar-refractivity contribution in [1.82, 2.24) is 14.9 Å². The highest BCUT2D eigenvalue weighted by Gasteiger charge is 2.19. The largest absolute Gasteiger partial charge is 0.342 e. The molecular formula is C12H15N3. The van der Waals surface area contributed by atoms with Crippen LogP contribution in [0.3, 0.4) is 0 Å². The maximum Gasteiger partial charge on any atom is 0.138 e. The fourth-order valence-corrected chi connectivity index (χ4v) is 2.47. The Morgan fingerprint density at radius 3 is 3.20 bits per heavy atom. The monoisotopic (exact) mass is 201 g/mol. The number of rotatable bonds is 0. The van der Waals surface area contributed by atoms with E-state index in [2.05, 4.69) is 34.9 Å². The van der Waals surface area contributed by atoms with Crippen LogP contribution in [0.15, 0.2) is 12.3 Å².